The van der Waals surface area contributed by atoms with E-state index in [4.69, 9.17) is 0 Å². The van der Waals surface area contributed by atoms with Crippen molar-refractivity contribution >= 4 is 44.4 Å². The van der Waals surface area contributed by atoms with Crippen LogP contribution in [-0.4, -0.2) is 40.5 Å². The molecule has 4 rings (SSSR count). The van der Waals surface area contributed by atoms with Crippen molar-refractivity contribution < 1.29 is 13.2 Å². The molecule has 146 valence electrons. The van der Waals surface area contributed by atoms with Gasteiger partial charge in [-0.15, -0.1) is 0 Å². The number of rotatable bonds is 4. The summed E-state index contributed by atoms with van der Waals surface area (Å²) in [5.41, 5.74) is 2.68. The molecular weight excluding hydrogens is 396 g/mol. The van der Waals surface area contributed by atoms with Gasteiger partial charge in [-0.2, -0.15) is 13.1 Å². The minimum atomic E-state index is -3.75. The number of piperidine rings is 1. The van der Waals surface area contributed by atoms with Crippen LogP contribution in [0, 0.1) is 12.8 Å². The first-order chi connectivity index (χ1) is 13.5. The van der Waals surface area contributed by atoms with E-state index in [9.17, 15) is 13.2 Å². The van der Waals surface area contributed by atoms with Crippen LogP contribution < -0.4 is 5.32 Å². The fourth-order valence-corrected chi connectivity index (χ4v) is 5.73. The molecule has 0 spiro atoms. The molecule has 28 heavy (non-hydrogen) atoms. The van der Waals surface area contributed by atoms with E-state index in [1.807, 2.05) is 31.2 Å². The Bertz CT molecular complexity index is 1130. The number of hydrogen-bond acceptors (Lipinski definition) is 6. The number of carbonyl (C=O) groups is 1. The van der Waals surface area contributed by atoms with Crippen molar-refractivity contribution in [2.24, 2.45) is 5.92 Å². The summed E-state index contributed by atoms with van der Waals surface area (Å²) in [6.07, 6.45) is 1.29. The number of anilines is 1. The molecule has 2 heterocycles. The number of sulfonamides is 1. The lowest BCUT2D eigenvalue weighted by atomic mass is 9.98. The van der Waals surface area contributed by atoms with Crippen LogP contribution >= 0.6 is 11.7 Å². The van der Waals surface area contributed by atoms with Gasteiger partial charge in [-0.3, -0.25) is 4.79 Å². The third kappa shape index (κ3) is 3.52. The number of para-hydroxylation sites is 1. The molecule has 1 aliphatic rings. The fourth-order valence-electron chi connectivity index (χ4n) is 3.45. The number of aryl methyl sites for hydroxylation is 1. The van der Waals surface area contributed by atoms with Crippen LogP contribution in [0.1, 0.15) is 18.4 Å². The fraction of sp³-hybridized carbons (Fsp3) is 0.316. The number of carbonyl (C=O) groups excluding carboxylic acids is 1. The SMILES string of the molecule is Cc1ccccc1NC(=O)C1CCCN(S(=O)(=O)c2cccc3nsnc23)C1. The van der Waals surface area contributed by atoms with Gasteiger partial charge in [0, 0.05) is 18.8 Å². The standard InChI is InChI=1S/C19H20N4O3S2/c1-13-6-2-3-8-15(13)20-19(24)14-7-5-11-23(12-14)28(25,26)17-10-4-9-16-18(17)22-27-21-16/h2-4,6,8-10,14H,5,7,11-12H2,1H3,(H,20,24). The minimum Gasteiger partial charge on any atom is -0.326 e. The summed E-state index contributed by atoms with van der Waals surface area (Å²) in [7, 11) is -3.75. The number of hydrogen-bond donors (Lipinski definition) is 1. The Balaban J connectivity index is 1.55. The van der Waals surface area contributed by atoms with Gasteiger partial charge in [-0.05, 0) is 43.5 Å². The Morgan fingerprint density at radius 1 is 1.18 bits per heavy atom. The Morgan fingerprint density at radius 2 is 2.00 bits per heavy atom. The van der Waals surface area contributed by atoms with Crippen LogP contribution in [0.3, 0.4) is 0 Å². The number of benzene rings is 2. The predicted molar refractivity (Wildman–Crippen MR) is 109 cm³/mol. The topological polar surface area (TPSA) is 92.3 Å². The Morgan fingerprint density at radius 3 is 2.82 bits per heavy atom. The first-order valence-corrected chi connectivity index (χ1v) is 11.2. The molecule has 1 fully saturated rings. The molecule has 1 unspecified atom stereocenters. The van der Waals surface area contributed by atoms with Crippen molar-refractivity contribution in [3.63, 3.8) is 0 Å². The highest BCUT2D eigenvalue weighted by Gasteiger charge is 2.34. The van der Waals surface area contributed by atoms with E-state index in [0.29, 0.717) is 30.4 Å². The first-order valence-electron chi connectivity index (χ1n) is 9.05. The maximum Gasteiger partial charge on any atom is 0.245 e. The predicted octanol–water partition coefficient (Wildman–Crippen LogP) is 3.04. The number of fused-ring (bicyclic) bond motifs is 1. The summed E-state index contributed by atoms with van der Waals surface area (Å²) in [6, 6.07) is 12.5. The second kappa shape index (κ2) is 7.57. The van der Waals surface area contributed by atoms with Gasteiger partial charge >= 0.3 is 0 Å². The molecule has 0 saturated carbocycles. The molecule has 1 amide bonds. The highest BCUT2D eigenvalue weighted by Crippen LogP contribution is 2.28. The average molecular weight is 417 g/mol. The average Bonchev–Trinajstić information content (AvgIpc) is 3.18. The van der Waals surface area contributed by atoms with Gasteiger partial charge in [-0.1, -0.05) is 24.3 Å². The molecule has 1 N–H and O–H groups in total. The first kappa shape index (κ1) is 19.0. The molecule has 7 nitrogen and oxygen atoms in total. The quantitative estimate of drug-likeness (QED) is 0.706. The normalized spacial score (nSPS) is 18.2. The third-order valence-corrected chi connectivity index (χ3v) is 7.46. The second-order valence-corrected chi connectivity index (χ2v) is 9.33. The highest BCUT2D eigenvalue weighted by atomic mass is 32.2. The monoisotopic (exact) mass is 416 g/mol. The van der Waals surface area contributed by atoms with Crippen molar-refractivity contribution in [1.29, 1.82) is 0 Å². The smallest absolute Gasteiger partial charge is 0.245 e. The van der Waals surface area contributed by atoms with E-state index in [-0.39, 0.29) is 17.3 Å². The summed E-state index contributed by atoms with van der Waals surface area (Å²) in [5.74, 6) is -0.543. The zero-order chi connectivity index (χ0) is 19.7. The molecular formula is C19H20N4O3S2. The lowest BCUT2D eigenvalue weighted by Gasteiger charge is -2.31. The second-order valence-electron chi connectivity index (χ2n) is 6.89. The van der Waals surface area contributed by atoms with Gasteiger partial charge in [-0.25, -0.2) is 8.42 Å². The lowest BCUT2D eigenvalue weighted by molar-refractivity contribution is -0.120. The van der Waals surface area contributed by atoms with E-state index in [0.717, 1.165) is 23.0 Å². The van der Waals surface area contributed by atoms with Gasteiger partial charge in [0.2, 0.25) is 15.9 Å². The van der Waals surface area contributed by atoms with Crippen LogP contribution in [0.25, 0.3) is 11.0 Å². The molecule has 1 aromatic heterocycles. The van der Waals surface area contributed by atoms with Crippen LogP contribution in [0.15, 0.2) is 47.4 Å². The maximum absolute atomic E-state index is 13.2. The van der Waals surface area contributed by atoms with Gasteiger partial charge in [0.05, 0.1) is 17.6 Å². The third-order valence-electron chi connectivity index (χ3n) is 5.02. The zero-order valence-corrected chi connectivity index (χ0v) is 17.0. The summed E-state index contributed by atoms with van der Waals surface area (Å²) < 4.78 is 36.1. The number of aromatic nitrogens is 2. The van der Waals surface area contributed by atoms with Crippen molar-refractivity contribution in [2.45, 2.75) is 24.7 Å². The van der Waals surface area contributed by atoms with Crippen molar-refractivity contribution in [1.82, 2.24) is 13.1 Å². The number of nitrogens with zero attached hydrogens (tertiary/aromatic N) is 3. The number of amides is 1. The minimum absolute atomic E-state index is 0.150. The molecule has 9 heteroatoms. The molecule has 0 bridgehead atoms. The summed E-state index contributed by atoms with van der Waals surface area (Å²) in [4.78, 5) is 12.9. The molecule has 3 aromatic rings. The van der Waals surface area contributed by atoms with Crippen LogP contribution in [0.2, 0.25) is 0 Å². The largest absolute Gasteiger partial charge is 0.326 e. The summed E-state index contributed by atoms with van der Waals surface area (Å²) >= 11 is 0.991. The molecule has 1 aliphatic heterocycles. The lowest BCUT2D eigenvalue weighted by Crippen LogP contribution is -2.43. The molecule has 1 atom stereocenters. The van der Waals surface area contributed by atoms with E-state index in [1.54, 1.807) is 18.2 Å². The maximum atomic E-state index is 13.2. The van der Waals surface area contributed by atoms with E-state index in [1.165, 1.54) is 4.31 Å². The highest BCUT2D eigenvalue weighted by molar-refractivity contribution is 7.89. The van der Waals surface area contributed by atoms with E-state index in [2.05, 4.69) is 14.1 Å². The molecule has 0 aliphatic carbocycles. The van der Waals surface area contributed by atoms with Gasteiger partial charge in [0.1, 0.15) is 15.9 Å². The Hall–Kier alpha value is -2.36. The van der Waals surface area contributed by atoms with E-state index < -0.39 is 15.9 Å². The Kier molecular flexibility index (Phi) is 5.13. The van der Waals surface area contributed by atoms with Gasteiger partial charge in [0.25, 0.3) is 0 Å². The molecule has 2 aromatic carbocycles. The molecule has 1 saturated heterocycles. The molecule has 0 radical (unpaired) electrons. The summed E-state index contributed by atoms with van der Waals surface area (Å²) in [6.45, 7) is 2.48. The zero-order valence-electron chi connectivity index (χ0n) is 15.3. The van der Waals surface area contributed by atoms with Crippen LogP contribution in [0.4, 0.5) is 5.69 Å². The van der Waals surface area contributed by atoms with Crippen LogP contribution in [-0.2, 0) is 14.8 Å². The Labute approximate surface area is 167 Å². The van der Waals surface area contributed by atoms with Gasteiger partial charge < -0.3 is 5.32 Å². The van der Waals surface area contributed by atoms with Crippen molar-refractivity contribution in [2.75, 3.05) is 18.4 Å². The van der Waals surface area contributed by atoms with E-state index >= 15 is 0 Å². The van der Waals surface area contributed by atoms with Crippen LogP contribution in [0.5, 0.6) is 0 Å². The summed E-state index contributed by atoms with van der Waals surface area (Å²) in [5, 5.41) is 2.94. The van der Waals surface area contributed by atoms with Crippen molar-refractivity contribution in [3.8, 4) is 0 Å². The van der Waals surface area contributed by atoms with Gasteiger partial charge in [0.15, 0.2) is 0 Å². The number of nitrogens with one attached hydrogen (secondary N) is 1. The van der Waals surface area contributed by atoms with Crippen molar-refractivity contribution in [3.05, 3.63) is 48.0 Å².